The molecule has 2 heterocycles. The van der Waals surface area contributed by atoms with Gasteiger partial charge in [-0.3, -0.25) is 4.57 Å². The predicted molar refractivity (Wildman–Crippen MR) is 118 cm³/mol. The minimum absolute atomic E-state index is 0.270. The molecule has 4 rings (SSSR count). The average molecular weight is 469 g/mol. The van der Waals surface area contributed by atoms with Gasteiger partial charge in [0.05, 0.1) is 18.1 Å². The number of rotatable bonds is 7. The zero-order valence-corrected chi connectivity index (χ0v) is 19.1. The van der Waals surface area contributed by atoms with Gasteiger partial charge in [0, 0.05) is 35.5 Å². The molecule has 0 spiro atoms. The Balaban J connectivity index is 1.70. The zero-order chi connectivity index (χ0) is 21.1. The molecule has 1 aliphatic heterocycles. The van der Waals surface area contributed by atoms with Crippen molar-refractivity contribution in [2.24, 2.45) is 0 Å². The number of hydrogen-bond donors (Lipinski definition) is 0. The predicted octanol–water partition coefficient (Wildman–Crippen LogP) is 3.93. The van der Waals surface area contributed by atoms with Crippen molar-refractivity contribution in [3.05, 3.63) is 35.9 Å². The number of aromatic nitrogens is 3. The Morgan fingerprint density at radius 2 is 1.97 bits per heavy atom. The van der Waals surface area contributed by atoms with Gasteiger partial charge in [-0.25, -0.2) is 8.42 Å². The van der Waals surface area contributed by atoms with Crippen LogP contribution in [0, 0.1) is 0 Å². The lowest BCUT2D eigenvalue weighted by Crippen LogP contribution is -2.40. The van der Waals surface area contributed by atoms with Crippen LogP contribution in [0.1, 0.15) is 31.7 Å². The highest BCUT2D eigenvalue weighted by Gasteiger charge is 2.28. The summed E-state index contributed by atoms with van der Waals surface area (Å²) >= 11 is 7.46. The van der Waals surface area contributed by atoms with Crippen LogP contribution in [0.4, 0.5) is 0 Å². The Morgan fingerprint density at radius 1 is 1.23 bits per heavy atom. The quantitative estimate of drug-likeness (QED) is 0.573. The van der Waals surface area contributed by atoms with E-state index in [9.17, 15) is 8.42 Å². The van der Waals surface area contributed by atoms with Gasteiger partial charge >= 0.3 is 0 Å². The summed E-state index contributed by atoms with van der Waals surface area (Å²) in [5, 5.41) is 10.2. The van der Waals surface area contributed by atoms with Crippen LogP contribution in [0.5, 0.6) is 0 Å². The second-order valence-electron chi connectivity index (χ2n) is 7.46. The van der Waals surface area contributed by atoms with Crippen LogP contribution >= 0.6 is 23.4 Å². The molecular formula is C20H25ClN4O3S2. The molecule has 0 amide bonds. The third kappa shape index (κ3) is 4.60. The smallest absolute Gasteiger partial charge is 0.243 e. The largest absolute Gasteiger partial charge is 0.379 e. The first-order valence-electron chi connectivity index (χ1n) is 10.1. The fourth-order valence-corrected chi connectivity index (χ4v) is 6.32. The molecule has 2 aliphatic rings. The lowest BCUT2D eigenvalue weighted by molar-refractivity contribution is 0.0730. The fourth-order valence-electron chi connectivity index (χ4n) is 3.94. The van der Waals surface area contributed by atoms with Crippen molar-refractivity contribution in [3.63, 3.8) is 0 Å². The SMILES string of the molecule is C=C(Cl)CSc1nnc(-c2cccc(S(=O)(=O)N3CCOCC3)c2)n1C1CCCC1. The Bertz CT molecular complexity index is 1010. The molecule has 1 saturated heterocycles. The normalized spacial score (nSPS) is 18.7. The molecule has 0 bridgehead atoms. The molecule has 2 fully saturated rings. The highest BCUT2D eigenvalue weighted by Crippen LogP contribution is 2.37. The molecule has 7 nitrogen and oxygen atoms in total. The molecule has 0 atom stereocenters. The van der Waals surface area contributed by atoms with E-state index in [-0.39, 0.29) is 4.90 Å². The van der Waals surface area contributed by atoms with Crippen molar-refractivity contribution < 1.29 is 13.2 Å². The molecule has 1 aromatic heterocycles. The Kier molecular flexibility index (Phi) is 6.84. The number of sulfonamides is 1. The van der Waals surface area contributed by atoms with Gasteiger partial charge in [-0.1, -0.05) is 54.9 Å². The van der Waals surface area contributed by atoms with Crippen LogP contribution in [-0.2, 0) is 14.8 Å². The van der Waals surface area contributed by atoms with Crippen molar-refractivity contribution >= 4 is 33.4 Å². The van der Waals surface area contributed by atoms with E-state index >= 15 is 0 Å². The molecule has 0 radical (unpaired) electrons. The van der Waals surface area contributed by atoms with Gasteiger partial charge in [0.15, 0.2) is 11.0 Å². The summed E-state index contributed by atoms with van der Waals surface area (Å²) in [6.07, 6.45) is 4.46. The number of thioether (sulfide) groups is 1. The summed E-state index contributed by atoms with van der Waals surface area (Å²) in [6.45, 7) is 5.33. The number of morpholine rings is 1. The maximum Gasteiger partial charge on any atom is 0.243 e. The Morgan fingerprint density at radius 3 is 2.67 bits per heavy atom. The van der Waals surface area contributed by atoms with Gasteiger partial charge in [0.1, 0.15) is 0 Å². The number of hydrogen-bond acceptors (Lipinski definition) is 6. The summed E-state index contributed by atoms with van der Waals surface area (Å²) in [7, 11) is -3.58. The van der Waals surface area contributed by atoms with Crippen LogP contribution in [-0.4, -0.2) is 59.5 Å². The van der Waals surface area contributed by atoms with E-state index in [1.54, 1.807) is 18.2 Å². The van der Waals surface area contributed by atoms with E-state index in [0.29, 0.717) is 49.0 Å². The minimum Gasteiger partial charge on any atom is -0.379 e. The molecule has 2 aromatic rings. The first-order valence-corrected chi connectivity index (χ1v) is 12.9. The van der Waals surface area contributed by atoms with Crippen molar-refractivity contribution in [3.8, 4) is 11.4 Å². The molecule has 1 aliphatic carbocycles. The summed E-state index contributed by atoms with van der Waals surface area (Å²) in [6, 6.07) is 7.31. The number of ether oxygens (including phenoxy) is 1. The number of nitrogens with zero attached hydrogens (tertiary/aromatic N) is 4. The molecule has 162 valence electrons. The summed E-state index contributed by atoms with van der Waals surface area (Å²) < 4.78 is 35.1. The highest BCUT2D eigenvalue weighted by molar-refractivity contribution is 7.99. The Labute approximate surface area is 186 Å². The van der Waals surface area contributed by atoms with Gasteiger partial charge in [0.25, 0.3) is 0 Å². The first kappa shape index (κ1) is 21.8. The standard InChI is InChI=1S/C20H25ClN4O3S2/c1-15(21)14-29-20-23-22-19(25(20)17-6-2-3-7-17)16-5-4-8-18(13-16)30(26,27)24-9-11-28-12-10-24/h4-5,8,13,17H,1-3,6-7,9-12,14H2. The zero-order valence-electron chi connectivity index (χ0n) is 16.7. The first-order chi connectivity index (χ1) is 14.5. The summed E-state index contributed by atoms with van der Waals surface area (Å²) in [4.78, 5) is 0.270. The van der Waals surface area contributed by atoms with E-state index in [4.69, 9.17) is 16.3 Å². The van der Waals surface area contributed by atoms with E-state index in [1.807, 2.05) is 6.07 Å². The number of benzene rings is 1. The minimum atomic E-state index is -3.58. The molecule has 30 heavy (non-hydrogen) atoms. The highest BCUT2D eigenvalue weighted by atomic mass is 35.5. The molecule has 1 saturated carbocycles. The van der Waals surface area contributed by atoms with Crippen LogP contribution in [0.3, 0.4) is 0 Å². The Hall–Kier alpha value is -1.39. The summed E-state index contributed by atoms with van der Waals surface area (Å²) in [5.74, 6) is 1.25. The molecule has 1 aromatic carbocycles. The molecule has 10 heteroatoms. The second-order valence-corrected chi connectivity index (χ2v) is 10.9. The van der Waals surface area contributed by atoms with Gasteiger partial charge in [-0.2, -0.15) is 4.31 Å². The van der Waals surface area contributed by atoms with E-state index in [0.717, 1.165) is 23.6 Å². The van der Waals surface area contributed by atoms with Crippen LogP contribution in [0.2, 0.25) is 0 Å². The van der Waals surface area contributed by atoms with E-state index in [1.165, 1.54) is 28.9 Å². The molecular weight excluding hydrogens is 444 g/mol. The van der Waals surface area contributed by atoms with Gasteiger partial charge in [-0.05, 0) is 25.0 Å². The van der Waals surface area contributed by atoms with Crippen molar-refractivity contribution in [1.82, 2.24) is 19.1 Å². The topological polar surface area (TPSA) is 77.3 Å². The van der Waals surface area contributed by atoms with Crippen LogP contribution in [0.25, 0.3) is 11.4 Å². The van der Waals surface area contributed by atoms with Gasteiger partial charge in [-0.15, -0.1) is 10.2 Å². The molecule has 0 N–H and O–H groups in total. The van der Waals surface area contributed by atoms with Crippen LogP contribution in [0.15, 0.2) is 45.9 Å². The number of halogens is 1. The lowest BCUT2D eigenvalue weighted by atomic mass is 10.2. The third-order valence-corrected chi connectivity index (χ3v) is 8.63. The van der Waals surface area contributed by atoms with Gasteiger partial charge in [0.2, 0.25) is 10.0 Å². The third-order valence-electron chi connectivity index (χ3n) is 5.41. The molecule has 0 unspecified atom stereocenters. The van der Waals surface area contributed by atoms with E-state index < -0.39 is 10.0 Å². The second kappa shape index (κ2) is 9.40. The van der Waals surface area contributed by atoms with Crippen LogP contribution < -0.4 is 0 Å². The van der Waals surface area contributed by atoms with Crippen molar-refractivity contribution in [1.29, 1.82) is 0 Å². The van der Waals surface area contributed by atoms with Gasteiger partial charge < -0.3 is 4.74 Å². The monoisotopic (exact) mass is 468 g/mol. The van der Waals surface area contributed by atoms with Crippen molar-refractivity contribution in [2.75, 3.05) is 32.1 Å². The van der Waals surface area contributed by atoms with Crippen molar-refractivity contribution in [2.45, 2.75) is 41.8 Å². The lowest BCUT2D eigenvalue weighted by Gasteiger charge is -2.26. The maximum absolute atomic E-state index is 13.1. The van der Waals surface area contributed by atoms with E-state index in [2.05, 4.69) is 21.3 Å². The average Bonchev–Trinajstić information content (AvgIpc) is 3.42. The maximum atomic E-state index is 13.1. The fraction of sp³-hybridized carbons (Fsp3) is 0.500. The summed E-state index contributed by atoms with van der Waals surface area (Å²) in [5.41, 5.74) is 0.750.